The number of aromatic nitrogens is 4. The molecule has 3 heterocycles. The van der Waals surface area contributed by atoms with Crippen molar-refractivity contribution in [2.24, 2.45) is 7.05 Å². The number of benzene rings is 2. The number of nitrogens with one attached hydrogen (secondary N) is 2. The number of amides is 2. The van der Waals surface area contributed by atoms with E-state index in [1.54, 1.807) is 37.0 Å². The van der Waals surface area contributed by atoms with Crippen LogP contribution in [0.1, 0.15) is 34.5 Å². The highest BCUT2D eigenvalue weighted by Crippen LogP contribution is 2.32. The van der Waals surface area contributed by atoms with Crippen LogP contribution in [-0.2, 0) is 18.4 Å². The van der Waals surface area contributed by atoms with Gasteiger partial charge in [0, 0.05) is 50.6 Å². The molecule has 0 spiro atoms. The Hall–Kier alpha value is -4.48. The molecule has 2 aromatic heterocycles. The van der Waals surface area contributed by atoms with Crippen molar-refractivity contribution in [1.29, 1.82) is 0 Å². The summed E-state index contributed by atoms with van der Waals surface area (Å²) in [7, 11) is 5.64. The van der Waals surface area contributed by atoms with E-state index in [0.29, 0.717) is 33.6 Å². The summed E-state index contributed by atoms with van der Waals surface area (Å²) in [6, 6.07) is 13.5. The molecule has 0 radical (unpaired) electrons. The van der Waals surface area contributed by atoms with Gasteiger partial charge in [0.05, 0.1) is 35.8 Å². The molecule has 0 unspecified atom stereocenters. The highest BCUT2D eigenvalue weighted by Gasteiger charge is 2.35. The van der Waals surface area contributed by atoms with Gasteiger partial charge in [-0.05, 0) is 36.2 Å². The number of aliphatic hydroxyl groups is 1. The van der Waals surface area contributed by atoms with Crippen LogP contribution in [-0.4, -0.2) is 68.3 Å². The molecule has 0 saturated carbocycles. The predicted molar refractivity (Wildman–Crippen MR) is 157 cm³/mol. The molecule has 0 fully saturated rings. The number of anilines is 3. The lowest BCUT2D eigenvalue weighted by atomic mass is 10.0. The number of halogens is 1. The molecule has 0 bridgehead atoms. The maximum atomic E-state index is 13.5. The molecule has 0 saturated heterocycles. The lowest BCUT2D eigenvalue weighted by Crippen LogP contribution is -2.46. The first-order chi connectivity index (χ1) is 19.7. The van der Waals surface area contributed by atoms with Crippen LogP contribution in [0.2, 0.25) is 5.02 Å². The summed E-state index contributed by atoms with van der Waals surface area (Å²) in [6.07, 6.45) is 3.16. The number of aryl methyl sites for hydroxylation is 1. The summed E-state index contributed by atoms with van der Waals surface area (Å²) in [5, 5.41) is 20.5. The number of nitrogens with zero attached hydrogens (tertiary/aromatic N) is 6. The van der Waals surface area contributed by atoms with E-state index in [2.05, 4.69) is 25.7 Å². The first-order valence-electron chi connectivity index (χ1n) is 13.1. The molecule has 2 aromatic carbocycles. The molecule has 1 aliphatic rings. The minimum atomic E-state index is -0.762. The monoisotopic (exact) mass is 574 g/mol. The van der Waals surface area contributed by atoms with Crippen molar-refractivity contribution in [1.82, 2.24) is 30.0 Å². The minimum absolute atomic E-state index is 0.266. The van der Waals surface area contributed by atoms with E-state index in [9.17, 15) is 14.7 Å². The number of hydrogen-bond acceptors (Lipinski definition) is 8. The van der Waals surface area contributed by atoms with Gasteiger partial charge in [-0.15, -0.1) is 0 Å². The third kappa shape index (κ3) is 5.72. The summed E-state index contributed by atoms with van der Waals surface area (Å²) in [6.45, 7) is 1.69. The Morgan fingerprint density at radius 2 is 2.00 bits per heavy atom. The lowest BCUT2D eigenvalue weighted by Gasteiger charge is -2.26. The van der Waals surface area contributed by atoms with E-state index in [-0.39, 0.29) is 25.0 Å². The van der Waals surface area contributed by atoms with E-state index in [1.165, 1.54) is 11.1 Å². The van der Waals surface area contributed by atoms with Crippen molar-refractivity contribution in [2.75, 3.05) is 30.9 Å². The molecular formula is C29H31ClN8O3. The molecule has 41 heavy (non-hydrogen) atoms. The zero-order valence-corrected chi connectivity index (χ0v) is 23.9. The molecule has 2 atom stereocenters. The second kappa shape index (κ2) is 11.6. The van der Waals surface area contributed by atoms with Crippen LogP contribution in [0.3, 0.4) is 0 Å². The van der Waals surface area contributed by atoms with Gasteiger partial charge < -0.3 is 25.5 Å². The van der Waals surface area contributed by atoms with Crippen LogP contribution in [0, 0.1) is 0 Å². The van der Waals surface area contributed by atoms with Crippen molar-refractivity contribution in [3.8, 4) is 11.3 Å². The van der Waals surface area contributed by atoms with Crippen LogP contribution in [0.15, 0.2) is 60.9 Å². The average molecular weight is 575 g/mol. The maximum absolute atomic E-state index is 13.5. The molecule has 11 nitrogen and oxygen atoms in total. The topological polar surface area (TPSA) is 129 Å². The van der Waals surface area contributed by atoms with E-state index < -0.39 is 12.1 Å². The molecule has 3 N–H and O–H groups in total. The number of carbonyl (C=O) groups is 2. The molecular weight excluding hydrogens is 544 g/mol. The Bertz CT molecular complexity index is 1600. The standard InChI is InChI=1S/C29H31ClN8O3/c1-17(27(40)33-24(16-39)18-6-5-7-21(12-18)36(2)3)38-15-20-9-8-19(13-22(20)28(38)41)26-23(30)14-31-29(35-26)34-25-10-11-32-37(25)4/h5-14,17,24,39H,15-16H2,1-4H3,(H,33,40)(H,31,34,35)/t17-,24-/m1/s1. The Labute approximate surface area is 242 Å². The quantitative estimate of drug-likeness (QED) is 0.277. The van der Waals surface area contributed by atoms with Crippen LogP contribution in [0.25, 0.3) is 11.3 Å². The van der Waals surface area contributed by atoms with Gasteiger partial charge in [-0.3, -0.25) is 14.3 Å². The zero-order chi connectivity index (χ0) is 29.3. The molecule has 4 aromatic rings. The minimum Gasteiger partial charge on any atom is -0.394 e. The third-order valence-corrected chi connectivity index (χ3v) is 7.43. The fraction of sp³-hybridized carbons (Fsp3) is 0.276. The first kappa shape index (κ1) is 28.1. The SMILES string of the molecule is C[C@H](C(=O)N[C@H](CO)c1cccc(N(C)C)c1)N1Cc2ccc(-c3nc(Nc4ccnn4C)ncc3Cl)cc2C1=O. The Morgan fingerprint density at radius 3 is 2.71 bits per heavy atom. The summed E-state index contributed by atoms with van der Waals surface area (Å²) < 4.78 is 1.65. The van der Waals surface area contributed by atoms with Crippen molar-refractivity contribution in [2.45, 2.75) is 25.6 Å². The van der Waals surface area contributed by atoms with E-state index in [4.69, 9.17) is 11.6 Å². The van der Waals surface area contributed by atoms with Crippen molar-refractivity contribution < 1.29 is 14.7 Å². The maximum Gasteiger partial charge on any atom is 0.255 e. The zero-order valence-electron chi connectivity index (χ0n) is 23.2. The summed E-state index contributed by atoms with van der Waals surface area (Å²) in [5.41, 5.74) is 4.13. The van der Waals surface area contributed by atoms with Gasteiger partial charge in [-0.25, -0.2) is 9.97 Å². The molecule has 12 heteroatoms. The normalized spacial score (nSPS) is 14.0. The largest absolute Gasteiger partial charge is 0.394 e. The number of rotatable bonds is 9. The van der Waals surface area contributed by atoms with Gasteiger partial charge >= 0.3 is 0 Å². The lowest BCUT2D eigenvalue weighted by molar-refractivity contribution is -0.126. The summed E-state index contributed by atoms with van der Waals surface area (Å²) >= 11 is 6.45. The van der Waals surface area contributed by atoms with Crippen molar-refractivity contribution in [3.05, 3.63) is 82.6 Å². The van der Waals surface area contributed by atoms with Gasteiger partial charge in [0.15, 0.2) is 0 Å². The second-order valence-electron chi connectivity index (χ2n) is 10.1. The Kier molecular flexibility index (Phi) is 7.91. The Morgan fingerprint density at radius 1 is 1.20 bits per heavy atom. The number of fused-ring (bicyclic) bond motifs is 1. The average Bonchev–Trinajstić information content (AvgIpc) is 3.53. The fourth-order valence-electron chi connectivity index (χ4n) is 4.71. The van der Waals surface area contributed by atoms with Gasteiger partial charge in [-0.1, -0.05) is 35.9 Å². The van der Waals surface area contributed by atoms with Gasteiger partial charge in [-0.2, -0.15) is 5.10 Å². The smallest absolute Gasteiger partial charge is 0.255 e. The molecule has 5 rings (SSSR count). The number of carbonyl (C=O) groups excluding carboxylic acids is 2. The molecule has 2 amide bonds. The number of aliphatic hydroxyl groups excluding tert-OH is 1. The van der Waals surface area contributed by atoms with Gasteiger partial charge in [0.25, 0.3) is 5.91 Å². The third-order valence-electron chi connectivity index (χ3n) is 7.16. The highest BCUT2D eigenvalue weighted by atomic mass is 35.5. The number of hydrogen-bond donors (Lipinski definition) is 3. The van der Waals surface area contributed by atoms with Gasteiger partial charge in [0.1, 0.15) is 11.9 Å². The Balaban J connectivity index is 1.33. The van der Waals surface area contributed by atoms with E-state index >= 15 is 0 Å². The first-order valence-corrected chi connectivity index (χ1v) is 13.4. The van der Waals surface area contributed by atoms with Crippen molar-refractivity contribution in [3.63, 3.8) is 0 Å². The summed E-state index contributed by atoms with van der Waals surface area (Å²) in [4.78, 5) is 39.0. The van der Waals surface area contributed by atoms with Crippen LogP contribution in [0.4, 0.5) is 17.5 Å². The van der Waals surface area contributed by atoms with E-state index in [1.807, 2.05) is 55.4 Å². The summed E-state index contributed by atoms with van der Waals surface area (Å²) in [5.74, 6) is 0.420. The van der Waals surface area contributed by atoms with Crippen LogP contribution in [0.5, 0.6) is 0 Å². The van der Waals surface area contributed by atoms with Gasteiger partial charge in [0.2, 0.25) is 11.9 Å². The predicted octanol–water partition coefficient (Wildman–Crippen LogP) is 3.53. The van der Waals surface area contributed by atoms with Crippen LogP contribution >= 0.6 is 11.6 Å². The van der Waals surface area contributed by atoms with Crippen molar-refractivity contribution >= 4 is 40.9 Å². The van der Waals surface area contributed by atoms with Crippen LogP contribution < -0.4 is 15.5 Å². The molecule has 212 valence electrons. The van der Waals surface area contributed by atoms with E-state index in [0.717, 1.165) is 16.8 Å². The highest BCUT2D eigenvalue weighted by molar-refractivity contribution is 6.33. The molecule has 1 aliphatic heterocycles. The molecule has 0 aliphatic carbocycles. The fourth-order valence-corrected chi connectivity index (χ4v) is 4.91. The second-order valence-corrected chi connectivity index (χ2v) is 10.5.